The Balaban J connectivity index is 1.22. The van der Waals surface area contributed by atoms with Gasteiger partial charge in [0.25, 0.3) is 0 Å². The summed E-state index contributed by atoms with van der Waals surface area (Å²) in [7, 11) is 0. The number of anilines is 1. The van der Waals surface area contributed by atoms with Gasteiger partial charge in [0.2, 0.25) is 5.95 Å². The fourth-order valence-electron chi connectivity index (χ4n) is 3.80. The monoisotopic (exact) mass is 372 g/mol. The normalized spacial score (nSPS) is 22.8. The second kappa shape index (κ2) is 8.33. The molecule has 0 amide bonds. The average Bonchev–Trinajstić information content (AvgIpc) is 3.37. The number of nitrogens with zero attached hydrogens (tertiary/aromatic N) is 5. The number of hydrogen-bond donors (Lipinski definition) is 2. The molecule has 0 spiro atoms. The lowest BCUT2D eigenvalue weighted by molar-refractivity contribution is -0.0358. The fraction of sp³-hybridized carbons (Fsp3) is 0.632. The molecule has 2 aliphatic heterocycles. The van der Waals surface area contributed by atoms with Crippen molar-refractivity contribution in [2.24, 2.45) is 0 Å². The molecule has 0 aromatic carbocycles. The Morgan fingerprint density at radius 3 is 2.74 bits per heavy atom. The highest BCUT2D eigenvalue weighted by molar-refractivity contribution is 5.25. The smallest absolute Gasteiger partial charge is 0.222 e. The summed E-state index contributed by atoms with van der Waals surface area (Å²) in [6.07, 6.45) is 13.2. The highest BCUT2D eigenvalue weighted by Crippen LogP contribution is 2.25. The van der Waals surface area contributed by atoms with Crippen molar-refractivity contribution < 1.29 is 9.84 Å². The zero-order valence-corrected chi connectivity index (χ0v) is 15.6. The van der Waals surface area contributed by atoms with Crippen molar-refractivity contribution in [1.29, 1.82) is 0 Å². The van der Waals surface area contributed by atoms with Crippen LogP contribution in [0.1, 0.15) is 31.2 Å². The molecule has 1 atom stereocenters. The zero-order valence-electron chi connectivity index (χ0n) is 15.6. The fourth-order valence-corrected chi connectivity index (χ4v) is 3.80. The van der Waals surface area contributed by atoms with E-state index in [1.165, 1.54) is 0 Å². The number of ether oxygens (including phenoxy) is 1. The third-order valence-corrected chi connectivity index (χ3v) is 5.45. The predicted molar refractivity (Wildman–Crippen MR) is 101 cm³/mol. The molecule has 146 valence electrons. The SMILES string of the molecule is OC1(Cn2ccnc2)CCN(Cc2cnc(NC[C@@H]3CCCO3)nc2)CC1. The number of imidazole rings is 1. The van der Waals surface area contributed by atoms with Crippen LogP contribution in [-0.2, 0) is 17.8 Å². The van der Waals surface area contributed by atoms with Crippen LogP contribution in [-0.4, -0.2) is 67.5 Å². The number of aromatic nitrogens is 4. The first kappa shape index (κ1) is 18.3. The Morgan fingerprint density at radius 2 is 2.07 bits per heavy atom. The minimum absolute atomic E-state index is 0.280. The highest BCUT2D eigenvalue weighted by atomic mass is 16.5. The van der Waals surface area contributed by atoms with E-state index in [0.29, 0.717) is 12.5 Å². The van der Waals surface area contributed by atoms with E-state index in [1.807, 2.05) is 23.2 Å². The van der Waals surface area contributed by atoms with Gasteiger partial charge in [-0.1, -0.05) is 0 Å². The average molecular weight is 372 g/mol. The summed E-state index contributed by atoms with van der Waals surface area (Å²) < 4.78 is 7.55. The summed E-state index contributed by atoms with van der Waals surface area (Å²) in [4.78, 5) is 15.2. The number of nitrogens with one attached hydrogen (secondary N) is 1. The lowest BCUT2D eigenvalue weighted by atomic mass is 9.91. The summed E-state index contributed by atoms with van der Waals surface area (Å²) in [5.41, 5.74) is 0.446. The van der Waals surface area contributed by atoms with E-state index in [4.69, 9.17) is 4.74 Å². The van der Waals surface area contributed by atoms with Crippen molar-refractivity contribution in [3.63, 3.8) is 0 Å². The van der Waals surface area contributed by atoms with E-state index in [9.17, 15) is 5.11 Å². The quantitative estimate of drug-likeness (QED) is 0.757. The Hall–Kier alpha value is -2.03. The Kier molecular flexibility index (Phi) is 5.66. The summed E-state index contributed by atoms with van der Waals surface area (Å²) in [6.45, 7) is 4.77. The van der Waals surface area contributed by atoms with Gasteiger partial charge < -0.3 is 19.7 Å². The van der Waals surface area contributed by atoms with Crippen LogP contribution in [0.15, 0.2) is 31.1 Å². The van der Waals surface area contributed by atoms with Crippen LogP contribution < -0.4 is 5.32 Å². The maximum Gasteiger partial charge on any atom is 0.222 e. The topological polar surface area (TPSA) is 88.3 Å². The maximum absolute atomic E-state index is 10.8. The van der Waals surface area contributed by atoms with Crippen molar-refractivity contribution in [2.75, 3.05) is 31.6 Å². The van der Waals surface area contributed by atoms with Gasteiger partial charge in [-0.3, -0.25) is 4.90 Å². The molecule has 4 rings (SSSR count). The third kappa shape index (κ3) is 5.03. The van der Waals surface area contributed by atoms with Gasteiger partial charge in [0.1, 0.15) is 0 Å². The number of likely N-dealkylation sites (tertiary alicyclic amines) is 1. The summed E-state index contributed by atoms with van der Waals surface area (Å²) >= 11 is 0. The Labute approximate surface area is 159 Å². The van der Waals surface area contributed by atoms with Crippen molar-refractivity contribution in [3.8, 4) is 0 Å². The summed E-state index contributed by atoms with van der Waals surface area (Å²) in [6, 6.07) is 0. The lowest BCUT2D eigenvalue weighted by Gasteiger charge is -2.38. The first-order valence-corrected chi connectivity index (χ1v) is 9.75. The van der Waals surface area contributed by atoms with E-state index < -0.39 is 5.60 Å². The van der Waals surface area contributed by atoms with Crippen molar-refractivity contribution >= 4 is 5.95 Å². The van der Waals surface area contributed by atoms with Gasteiger partial charge in [-0.2, -0.15) is 0 Å². The van der Waals surface area contributed by atoms with Crippen molar-refractivity contribution in [3.05, 3.63) is 36.7 Å². The van der Waals surface area contributed by atoms with Crippen LogP contribution in [0.2, 0.25) is 0 Å². The van der Waals surface area contributed by atoms with Gasteiger partial charge in [-0.25, -0.2) is 15.0 Å². The molecule has 0 unspecified atom stereocenters. The standard InChI is InChI=1S/C19H28N6O2/c26-19(14-25-8-5-20-15-25)3-6-24(7-4-19)13-16-10-21-18(22-11-16)23-12-17-2-1-9-27-17/h5,8,10-11,15,17,26H,1-4,6-7,9,12-14H2,(H,21,22,23)/t17-/m0/s1. The molecule has 0 saturated carbocycles. The predicted octanol–water partition coefficient (Wildman–Crippen LogP) is 1.29. The van der Waals surface area contributed by atoms with Crippen LogP contribution in [0.3, 0.4) is 0 Å². The zero-order chi connectivity index (χ0) is 18.5. The molecule has 2 N–H and O–H groups in total. The molecule has 2 aromatic heterocycles. The van der Waals surface area contributed by atoms with Crippen LogP contribution in [0.25, 0.3) is 0 Å². The van der Waals surface area contributed by atoms with E-state index in [1.54, 1.807) is 12.5 Å². The summed E-state index contributed by atoms with van der Waals surface area (Å²) in [5, 5.41) is 14.0. The molecule has 2 aromatic rings. The minimum atomic E-state index is -0.649. The van der Waals surface area contributed by atoms with E-state index in [0.717, 1.165) is 64.0 Å². The Bertz CT molecular complexity index is 691. The van der Waals surface area contributed by atoms with Crippen LogP contribution in [0.4, 0.5) is 5.95 Å². The number of rotatable bonds is 7. The van der Waals surface area contributed by atoms with Crippen LogP contribution in [0.5, 0.6) is 0 Å². The molecule has 0 bridgehead atoms. The second-order valence-corrected chi connectivity index (χ2v) is 7.67. The van der Waals surface area contributed by atoms with Crippen molar-refractivity contribution in [1.82, 2.24) is 24.4 Å². The first-order valence-electron chi connectivity index (χ1n) is 9.75. The third-order valence-electron chi connectivity index (χ3n) is 5.45. The maximum atomic E-state index is 10.8. The number of aliphatic hydroxyl groups is 1. The number of hydrogen-bond acceptors (Lipinski definition) is 7. The summed E-state index contributed by atoms with van der Waals surface area (Å²) in [5.74, 6) is 0.655. The minimum Gasteiger partial charge on any atom is -0.388 e. The Morgan fingerprint density at radius 1 is 1.26 bits per heavy atom. The number of piperidine rings is 1. The van der Waals surface area contributed by atoms with Gasteiger partial charge >= 0.3 is 0 Å². The van der Waals surface area contributed by atoms with Gasteiger partial charge in [-0.15, -0.1) is 0 Å². The molecule has 2 saturated heterocycles. The van der Waals surface area contributed by atoms with Crippen molar-refractivity contribution in [2.45, 2.75) is 50.5 Å². The molecule has 4 heterocycles. The molecule has 8 nitrogen and oxygen atoms in total. The van der Waals surface area contributed by atoms with Crippen LogP contribution >= 0.6 is 0 Å². The molecule has 0 aliphatic carbocycles. The first-order chi connectivity index (χ1) is 13.2. The molecular weight excluding hydrogens is 344 g/mol. The van der Waals surface area contributed by atoms with Crippen LogP contribution in [0, 0.1) is 0 Å². The van der Waals surface area contributed by atoms with Gasteiger partial charge in [0, 0.05) is 63.1 Å². The highest BCUT2D eigenvalue weighted by Gasteiger charge is 2.32. The second-order valence-electron chi connectivity index (χ2n) is 7.67. The van der Waals surface area contributed by atoms with Gasteiger partial charge in [-0.05, 0) is 25.7 Å². The molecule has 2 aliphatic rings. The van der Waals surface area contributed by atoms with Gasteiger partial charge in [0.05, 0.1) is 24.6 Å². The van der Waals surface area contributed by atoms with Gasteiger partial charge in [0.15, 0.2) is 0 Å². The molecule has 2 fully saturated rings. The molecular formula is C19H28N6O2. The lowest BCUT2D eigenvalue weighted by Crippen LogP contribution is -2.46. The van der Waals surface area contributed by atoms with E-state index in [2.05, 4.69) is 25.2 Å². The molecule has 27 heavy (non-hydrogen) atoms. The largest absolute Gasteiger partial charge is 0.388 e. The van der Waals surface area contributed by atoms with E-state index in [-0.39, 0.29) is 6.10 Å². The van der Waals surface area contributed by atoms with E-state index >= 15 is 0 Å². The molecule has 0 radical (unpaired) electrons. The molecule has 8 heteroatoms.